The molecule has 0 aromatic heterocycles. The number of aryl methyl sites for hydroxylation is 1. The first-order chi connectivity index (χ1) is 5.86. The molecule has 1 aromatic rings. The zero-order chi connectivity index (χ0) is 8.81. The fourth-order valence-electron chi connectivity index (χ4n) is 1.26. The van der Waals surface area contributed by atoms with E-state index in [1.54, 1.807) is 7.11 Å². The Balaban J connectivity index is 2.58. The second-order valence-electron chi connectivity index (χ2n) is 3.00. The van der Waals surface area contributed by atoms with Crippen molar-refractivity contribution in [3.8, 4) is 0 Å². The highest BCUT2D eigenvalue weighted by Crippen LogP contribution is 2.06. The maximum atomic E-state index is 5.03. The van der Waals surface area contributed by atoms with E-state index >= 15 is 0 Å². The summed E-state index contributed by atoms with van der Waals surface area (Å²) >= 11 is 0. The Morgan fingerprint density at radius 1 is 1.08 bits per heavy atom. The van der Waals surface area contributed by atoms with E-state index in [0.717, 1.165) is 0 Å². The molecule has 0 atom stereocenters. The molecule has 0 radical (unpaired) electrons. The van der Waals surface area contributed by atoms with E-state index < -0.39 is 0 Å². The molecular weight excluding hydrogens is 148 g/mol. The van der Waals surface area contributed by atoms with Crippen LogP contribution in [0.3, 0.4) is 0 Å². The molecule has 1 rings (SSSR count). The summed E-state index contributed by atoms with van der Waals surface area (Å²) in [4.78, 5) is 0. The van der Waals surface area contributed by atoms with Crippen molar-refractivity contribution in [2.24, 2.45) is 0 Å². The first kappa shape index (κ1) is 9.27. The van der Waals surface area contributed by atoms with Crippen LogP contribution >= 0.6 is 0 Å². The van der Waals surface area contributed by atoms with Gasteiger partial charge < -0.3 is 4.74 Å². The first-order valence-electron chi connectivity index (χ1n) is 4.43. The van der Waals surface area contributed by atoms with Gasteiger partial charge in [0, 0.05) is 7.11 Å². The third-order valence-electron chi connectivity index (χ3n) is 1.87. The summed E-state index contributed by atoms with van der Waals surface area (Å²) in [7, 11) is 1.72. The van der Waals surface area contributed by atoms with Crippen LogP contribution in [0.15, 0.2) is 24.3 Å². The lowest BCUT2D eigenvalue weighted by atomic mass is 10.1. The van der Waals surface area contributed by atoms with Gasteiger partial charge >= 0.3 is 0 Å². The van der Waals surface area contributed by atoms with Crippen molar-refractivity contribution in [3.05, 3.63) is 35.4 Å². The fraction of sp³-hybridized carbons (Fsp3) is 0.455. The predicted octanol–water partition coefficient (Wildman–Crippen LogP) is 2.79. The van der Waals surface area contributed by atoms with E-state index in [-0.39, 0.29) is 0 Å². The van der Waals surface area contributed by atoms with Crippen molar-refractivity contribution < 1.29 is 4.74 Å². The Labute approximate surface area is 74.4 Å². The Morgan fingerprint density at radius 3 is 2.17 bits per heavy atom. The monoisotopic (exact) mass is 164 g/mol. The molecule has 0 unspecified atom stereocenters. The molecule has 0 saturated heterocycles. The Kier molecular flexibility index (Phi) is 3.81. The summed E-state index contributed by atoms with van der Waals surface area (Å²) in [5.41, 5.74) is 2.66. The number of hydrogen-bond donors (Lipinski definition) is 0. The van der Waals surface area contributed by atoms with Crippen LogP contribution in [0.4, 0.5) is 0 Å². The van der Waals surface area contributed by atoms with Crippen LogP contribution in [0.5, 0.6) is 0 Å². The Bertz CT molecular complexity index is 188. The van der Waals surface area contributed by atoms with E-state index in [9.17, 15) is 0 Å². The molecule has 66 valence electrons. The molecule has 0 saturated carbocycles. The van der Waals surface area contributed by atoms with Gasteiger partial charge in [-0.3, -0.25) is 0 Å². The van der Waals surface area contributed by atoms with Gasteiger partial charge in [0.15, 0.2) is 0 Å². The van der Waals surface area contributed by atoms with Crippen molar-refractivity contribution in [1.29, 1.82) is 0 Å². The van der Waals surface area contributed by atoms with E-state index in [2.05, 4.69) is 31.2 Å². The second kappa shape index (κ2) is 4.94. The van der Waals surface area contributed by atoms with Crippen molar-refractivity contribution in [2.45, 2.75) is 26.4 Å². The molecule has 0 aliphatic rings. The van der Waals surface area contributed by atoms with Gasteiger partial charge in [0.1, 0.15) is 0 Å². The van der Waals surface area contributed by atoms with Crippen LogP contribution < -0.4 is 0 Å². The fourth-order valence-corrected chi connectivity index (χ4v) is 1.26. The van der Waals surface area contributed by atoms with Crippen molar-refractivity contribution >= 4 is 0 Å². The number of ether oxygens (including phenoxy) is 1. The van der Waals surface area contributed by atoms with Crippen molar-refractivity contribution in [2.75, 3.05) is 7.11 Å². The van der Waals surface area contributed by atoms with E-state index in [1.165, 1.54) is 24.0 Å². The molecule has 0 aliphatic carbocycles. The molecule has 0 amide bonds. The molecule has 0 heterocycles. The van der Waals surface area contributed by atoms with Crippen LogP contribution in [0.25, 0.3) is 0 Å². The van der Waals surface area contributed by atoms with Gasteiger partial charge in [-0.15, -0.1) is 0 Å². The van der Waals surface area contributed by atoms with Gasteiger partial charge in [-0.2, -0.15) is 0 Å². The molecule has 1 aromatic carbocycles. The minimum absolute atomic E-state index is 0.715. The van der Waals surface area contributed by atoms with E-state index in [1.807, 2.05) is 0 Å². The third-order valence-corrected chi connectivity index (χ3v) is 1.87. The summed E-state index contributed by atoms with van der Waals surface area (Å²) in [5, 5.41) is 0. The van der Waals surface area contributed by atoms with Crippen LogP contribution in [-0.4, -0.2) is 7.11 Å². The third kappa shape index (κ3) is 2.67. The minimum atomic E-state index is 0.715. The van der Waals surface area contributed by atoms with Gasteiger partial charge in [0.25, 0.3) is 0 Å². The van der Waals surface area contributed by atoms with Crippen molar-refractivity contribution in [3.63, 3.8) is 0 Å². The average molecular weight is 164 g/mol. The van der Waals surface area contributed by atoms with Gasteiger partial charge in [-0.1, -0.05) is 37.6 Å². The summed E-state index contributed by atoms with van der Waals surface area (Å²) in [5.74, 6) is 0. The standard InChI is InChI=1S/C11H16O/c1-3-4-10-5-7-11(8-6-10)9-12-2/h5-8H,3-4,9H2,1-2H3. The summed E-state index contributed by atoms with van der Waals surface area (Å²) in [6.45, 7) is 2.91. The maximum absolute atomic E-state index is 5.03. The number of benzene rings is 1. The lowest BCUT2D eigenvalue weighted by Crippen LogP contribution is -1.88. The summed E-state index contributed by atoms with van der Waals surface area (Å²) < 4.78 is 5.03. The minimum Gasteiger partial charge on any atom is -0.380 e. The molecule has 0 fully saturated rings. The van der Waals surface area contributed by atoms with Crippen LogP contribution in [0, 0.1) is 0 Å². The molecule has 0 bridgehead atoms. The maximum Gasteiger partial charge on any atom is 0.0713 e. The second-order valence-corrected chi connectivity index (χ2v) is 3.00. The van der Waals surface area contributed by atoms with Gasteiger partial charge in [0.05, 0.1) is 6.61 Å². The first-order valence-corrected chi connectivity index (χ1v) is 4.43. The summed E-state index contributed by atoms with van der Waals surface area (Å²) in [6, 6.07) is 8.62. The normalized spacial score (nSPS) is 10.2. The molecular formula is C11H16O. The van der Waals surface area contributed by atoms with Crippen LogP contribution in [0.1, 0.15) is 24.5 Å². The largest absolute Gasteiger partial charge is 0.380 e. The van der Waals surface area contributed by atoms with E-state index in [4.69, 9.17) is 4.74 Å². The van der Waals surface area contributed by atoms with Gasteiger partial charge in [0.2, 0.25) is 0 Å². The SMILES string of the molecule is CCCc1ccc(COC)cc1. The highest BCUT2D eigenvalue weighted by atomic mass is 16.5. The number of hydrogen-bond acceptors (Lipinski definition) is 1. The zero-order valence-electron chi connectivity index (χ0n) is 7.84. The molecule has 1 heteroatoms. The Hall–Kier alpha value is -0.820. The van der Waals surface area contributed by atoms with Gasteiger partial charge in [-0.05, 0) is 17.5 Å². The smallest absolute Gasteiger partial charge is 0.0713 e. The number of methoxy groups -OCH3 is 1. The molecule has 0 spiro atoms. The molecule has 0 N–H and O–H groups in total. The molecule has 1 nitrogen and oxygen atoms in total. The Morgan fingerprint density at radius 2 is 1.67 bits per heavy atom. The summed E-state index contributed by atoms with van der Waals surface area (Å²) in [6.07, 6.45) is 2.39. The highest BCUT2D eigenvalue weighted by molar-refractivity contribution is 5.21. The lowest BCUT2D eigenvalue weighted by molar-refractivity contribution is 0.185. The predicted molar refractivity (Wildman–Crippen MR) is 51.2 cm³/mol. The quantitative estimate of drug-likeness (QED) is 0.665. The lowest BCUT2D eigenvalue weighted by Gasteiger charge is -2.01. The van der Waals surface area contributed by atoms with E-state index in [0.29, 0.717) is 6.61 Å². The van der Waals surface area contributed by atoms with Crippen LogP contribution in [0.2, 0.25) is 0 Å². The molecule has 12 heavy (non-hydrogen) atoms. The average Bonchev–Trinajstić information content (AvgIpc) is 2.09. The zero-order valence-corrected chi connectivity index (χ0v) is 7.84. The van der Waals surface area contributed by atoms with Gasteiger partial charge in [-0.25, -0.2) is 0 Å². The molecule has 0 aliphatic heterocycles. The van der Waals surface area contributed by atoms with Crippen molar-refractivity contribution in [1.82, 2.24) is 0 Å². The topological polar surface area (TPSA) is 9.23 Å². The van der Waals surface area contributed by atoms with Crippen LogP contribution in [-0.2, 0) is 17.8 Å². The highest BCUT2D eigenvalue weighted by Gasteiger charge is 1.92. The number of rotatable bonds is 4.